The number of likely N-dealkylation sites (tertiary alicyclic amines) is 1. The lowest BCUT2D eigenvalue weighted by atomic mass is 9.97. The van der Waals surface area contributed by atoms with Crippen LogP contribution in [-0.2, 0) is 27.4 Å². The van der Waals surface area contributed by atoms with Gasteiger partial charge < -0.3 is 19.9 Å². The molecule has 2 aromatic heterocycles. The van der Waals surface area contributed by atoms with Crippen LogP contribution in [0.3, 0.4) is 0 Å². The first kappa shape index (κ1) is 30.5. The Labute approximate surface area is 264 Å². The Morgan fingerprint density at radius 2 is 1.76 bits per heavy atom. The number of benzene rings is 1. The molecule has 0 radical (unpaired) electrons. The fraction of sp³-hybridized carbons (Fsp3) is 0.452. The van der Waals surface area contributed by atoms with Crippen molar-refractivity contribution in [1.82, 2.24) is 29.7 Å². The molecule has 45 heavy (non-hydrogen) atoms. The summed E-state index contributed by atoms with van der Waals surface area (Å²) >= 11 is 5.96. The maximum absolute atomic E-state index is 13.7. The molecule has 1 saturated carbocycles. The fourth-order valence-electron chi connectivity index (χ4n) is 5.59. The lowest BCUT2D eigenvalue weighted by Gasteiger charge is -2.40. The van der Waals surface area contributed by atoms with E-state index < -0.39 is 29.1 Å². The molecule has 4 heterocycles. The molecule has 1 aliphatic carbocycles. The third kappa shape index (κ3) is 6.48. The van der Waals surface area contributed by atoms with Crippen LogP contribution in [0.4, 0.5) is 10.6 Å². The van der Waals surface area contributed by atoms with Crippen molar-refractivity contribution in [3.63, 3.8) is 0 Å². The average molecular weight is 636 g/mol. The lowest BCUT2D eigenvalue weighted by Crippen LogP contribution is -2.53. The quantitative estimate of drug-likeness (QED) is 0.372. The summed E-state index contributed by atoms with van der Waals surface area (Å²) in [4.78, 5) is 79.1. The van der Waals surface area contributed by atoms with Crippen molar-refractivity contribution in [1.29, 1.82) is 0 Å². The van der Waals surface area contributed by atoms with E-state index in [4.69, 9.17) is 16.3 Å². The number of nitrogens with zero attached hydrogens (tertiary/aromatic N) is 6. The Bertz CT molecular complexity index is 1750. The van der Waals surface area contributed by atoms with Crippen LogP contribution in [0, 0.1) is 5.41 Å². The number of esters is 1. The Balaban J connectivity index is 1.28. The second kappa shape index (κ2) is 11.4. The van der Waals surface area contributed by atoms with Crippen LogP contribution < -0.4 is 15.8 Å². The molecule has 236 valence electrons. The Hall–Kier alpha value is -4.52. The zero-order valence-corrected chi connectivity index (χ0v) is 26.1. The van der Waals surface area contributed by atoms with Crippen LogP contribution >= 0.6 is 11.6 Å². The Kier molecular flexibility index (Phi) is 7.76. The van der Waals surface area contributed by atoms with Crippen LogP contribution in [0.2, 0.25) is 5.02 Å². The van der Waals surface area contributed by atoms with E-state index in [-0.39, 0.29) is 66.6 Å². The summed E-state index contributed by atoms with van der Waals surface area (Å²) in [5, 5.41) is 3.30. The van der Waals surface area contributed by atoms with Gasteiger partial charge in [-0.05, 0) is 57.4 Å². The Morgan fingerprint density at radius 3 is 2.42 bits per heavy atom. The molecular weight excluding hydrogens is 602 g/mol. The van der Waals surface area contributed by atoms with Crippen molar-refractivity contribution >= 4 is 52.4 Å². The van der Waals surface area contributed by atoms with Gasteiger partial charge in [-0.1, -0.05) is 23.7 Å². The normalized spacial score (nSPS) is 17.1. The maximum atomic E-state index is 13.7. The minimum absolute atomic E-state index is 0.116. The van der Waals surface area contributed by atoms with Crippen molar-refractivity contribution < 1.29 is 23.9 Å². The van der Waals surface area contributed by atoms with Crippen LogP contribution in [0.1, 0.15) is 49.5 Å². The number of anilines is 1. The number of hydrogen-bond acceptors (Lipinski definition) is 8. The number of fused-ring (bicyclic) bond motifs is 1. The van der Waals surface area contributed by atoms with Crippen LogP contribution in [0.5, 0.6) is 0 Å². The molecule has 0 unspecified atom stereocenters. The largest absolute Gasteiger partial charge is 0.459 e. The highest BCUT2D eigenvalue weighted by Crippen LogP contribution is 2.52. The highest BCUT2D eigenvalue weighted by atomic mass is 35.5. The number of pyridine rings is 1. The molecule has 3 aliphatic rings. The molecule has 3 aromatic rings. The zero-order chi connectivity index (χ0) is 32.1. The molecule has 1 aromatic carbocycles. The standard InChI is InChI=1S/C31H34ClN7O6/c1-30(2,3)45-25(41)16-36-10-11-38(29(36)44)23-14-33-26-22(35-23)12-21(27(42)34-13-19-4-6-20(32)7-5-19)28(43)39(26)15-24(40)37-17-31(18-37)8-9-31/h4-7,12,14H,8-11,13,15-18H2,1-3H3,(H,34,42). The average Bonchev–Trinajstić information content (AvgIpc) is 3.70. The van der Waals surface area contributed by atoms with Crippen molar-refractivity contribution in [3.05, 3.63) is 63.0 Å². The molecule has 2 aliphatic heterocycles. The molecule has 0 bridgehead atoms. The third-order valence-corrected chi connectivity index (χ3v) is 8.41. The molecule has 4 amide bonds. The van der Waals surface area contributed by atoms with E-state index in [1.165, 1.54) is 26.6 Å². The fourth-order valence-corrected chi connectivity index (χ4v) is 5.72. The van der Waals surface area contributed by atoms with Crippen molar-refractivity contribution in [2.24, 2.45) is 5.41 Å². The van der Waals surface area contributed by atoms with Gasteiger partial charge in [0.2, 0.25) is 5.91 Å². The van der Waals surface area contributed by atoms with Crippen LogP contribution in [0.15, 0.2) is 41.3 Å². The number of carbonyl (C=O) groups is 4. The monoisotopic (exact) mass is 635 g/mol. The summed E-state index contributed by atoms with van der Waals surface area (Å²) in [5.74, 6) is -1.23. The van der Waals surface area contributed by atoms with Crippen LogP contribution in [-0.4, -0.2) is 86.5 Å². The second-order valence-electron chi connectivity index (χ2n) is 12.9. The number of rotatable bonds is 8. The number of urea groups is 1. The third-order valence-electron chi connectivity index (χ3n) is 8.16. The number of ether oxygens (including phenoxy) is 1. The van der Waals surface area contributed by atoms with Gasteiger partial charge in [-0.2, -0.15) is 0 Å². The summed E-state index contributed by atoms with van der Waals surface area (Å²) in [6.45, 7) is 6.70. The van der Waals surface area contributed by atoms with Gasteiger partial charge in [-0.3, -0.25) is 28.6 Å². The number of hydrogen-bond donors (Lipinski definition) is 1. The van der Waals surface area contributed by atoms with Gasteiger partial charge in [0.1, 0.15) is 29.8 Å². The minimum Gasteiger partial charge on any atom is -0.459 e. The lowest BCUT2D eigenvalue weighted by molar-refractivity contribution is -0.155. The topological polar surface area (TPSA) is 147 Å². The van der Waals surface area contributed by atoms with Gasteiger partial charge in [-0.15, -0.1) is 0 Å². The SMILES string of the molecule is CC(C)(C)OC(=O)CN1CCN(c2cnc3c(cc(C(=O)NCc4ccc(Cl)cc4)c(=O)n3CC(=O)N3CC4(CC4)C3)n2)C1=O. The van der Waals surface area contributed by atoms with Crippen molar-refractivity contribution in [2.45, 2.75) is 52.3 Å². The molecule has 1 N–H and O–H groups in total. The van der Waals surface area contributed by atoms with Crippen LogP contribution in [0.25, 0.3) is 11.2 Å². The summed E-state index contributed by atoms with van der Waals surface area (Å²) in [5.41, 5.74) is -0.274. The summed E-state index contributed by atoms with van der Waals surface area (Å²) in [6, 6.07) is 7.79. The van der Waals surface area contributed by atoms with E-state index in [1.807, 2.05) is 0 Å². The van der Waals surface area contributed by atoms with Gasteiger partial charge in [0.25, 0.3) is 11.5 Å². The summed E-state index contributed by atoms with van der Waals surface area (Å²) in [6.07, 6.45) is 3.55. The molecular formula is C31H34ClN7O6. The molecule has 0 atom stereocenters. The van der Waals surface area contributed by atoms with E-state index in [2.05, 4.69) is 15.3 Å². The van der Waals surface area contributed by atoms with Crippen molar-refractivity contribution in [2.75, 3.05) is 37.6 Å². The van der Waals surface area contributed by atoms with E-state index in [9.17, 15) is 24.0 Å². The van der Waals surface area contributed by atoms with Gasteiger partial charge >= 0.3 is 12.0 Å². The second-order valence-corrected chi connectivity index (χ2v) is 13.3. The number of amides is 4. The highest BCUT2D eigenvalue weighted by Gasteiger charge is 2.53. The van der Waals surface area contributed by atoms with Gasteiger partial charge in [0.05, 0.1) is 6.20 Å². The van der Waals surface area contributed by atoms with Gasteiger partial charge in [0.15, 0.2) is 11.5 Å². The van der Waals surface area contributed by atoms with E-state index in [1.54, 1.807) is 49.9 Å². The zero-order valence-electron chi connectivity index (χ0n) is 25.3. The smallest absolute Gasteiger partial charge is 0.326 e. The van der Waals surface area contributed by atoms with Gasteiger partial charge in [0, 0.05) is 43.2 Å². The van der Waals surface area contributed by atoms with E-state index in [0.717, 1.165) is 18.4 Å². The number of aromatic nitrogens is 3. The molecule has 6 rings (SSSR count). The molecule has 13 nitrogen and oxygen atoms in total. The minimum atomic E-state index is -0.686. The summed E-state index contributed by atoms with van der Waals surface area (Å²) < 4.78 is 6.52. The molecule has 14 heteroatoms. The molecule has 1 spiro atoms. The van der Waals surface area contributed by atoms with Crippen molar-refractivity contribution in [3.8, 4) is 0 Å². The first-order chi connectivity index (χ1) is 21.3. The van der Waals surface area contributed by atoms with Gasteiger partial charge in [-0.25, -0.2) is 14.8 Å². The van der Waals surface area contributed by atoms with E-state index >= 15 is 0 Å². The first-order valence-electron chi connectivity index (χ1n) is 14.8. The highest BCUT2D eigenvalue weighted by molar-refractivity contribution is 6.30. The Morgan fingerprint density at radius 1 is 1.04 bits per heavy atom. The maximum Gasteiger partial charge on any atom is 0.326 e. The number of halogens is 1. The first-order valence-corrected chi connectivity index (χ1v) is 15.2. The number of carbonyl (C=O) groups excluding carboxylic acids is 4. The molecule has 2 saturated heterocycles. The molecule has 3 fully saturated rings. The predicted octanol–water partition coefficient (Wildman–Crippen LogP) is 2.58. The predicted molar refractivity (Wildman–Crippen MR) is 165 cm³/mol. The van der Waals surface area contributed by atoms with E-state index in [0.29, 0.717) is 18.1 Å². The summed E-state index contributed by atoms with van der Waals surface area (Å²) in [7, 11) is 0. The number of nitrogens with one attached hydrogen (secondary N) is 1.